The van der Waals surface area contributed by atoms with Crippen molar-refractivity contribution in [3.8, 4) is 0 Å². The van der Waals surface area contributed by atoms with Crippen LogP contribution in [0.1, 0.15) is 25.6 Å². The summed E-state index contributed by atoms with van der Waals surface area (Å²) in [6, 6.07) is 5.86. The van der Waals surface area contributed by atoms with Gasteiger partial charge in [0, 0.05) is 38.5 Å². The fraction of sp³-hybridized carbons (Fsp3) is 0.562. The number of rotatable bonds is 8. The summed E-state index contributed by atoms with van der Waals surface area (Å²) in [5.74, 6) is 1.77. The Morgan fingerprint density at radius 1 is 1.35 bits per heavy atom. The third kappa shape index (κ3) is 7.44. The van der Waals surface area contributed by atoms with Crippen LogP contribution in [0, 0.1) is 0 Å². The van der Waals surface area contributed by atoms with Crippen molar-refractivity contribution in [3.63, 3.8) is 0 Å². The number of aromatic nitrogens is 3. The van der Waals surface area contributed by atoms with E-state index >= 15 is 0 Å². The quantitative estimate of drug-likeness (QED) is 0.248. The van der Waals surface area contributed by atoms with E-state index in [4.69, 9.17) is 0 Å². The van der Waals surface area contributed by atoms with Gasteiger partial charge in [-0.2, -0.15) is 0 Å². The summed E-state index contributed by atoms with van der Waals surface area (Å²) in [4.78, 5) is 4.17. The van der Waals surface area contributed by atoms with Gasteiger partial charge in [0.15, 0.2) is 11.6 Å². The maximum atomic E-state index is 11.2. The SMILES string of the molecule is CN=C(NCCCc1nnc2ccccn12)NC(C)CCS(C)(=O)=O.I. The van der Waals surface area contributed by atoms with Crippen molar-refractivity contribution in [2.45, 2.75) is 32.2 Å². The number of hydrogen-bond donors (Lipinski definition) is 2. The number of aryl methyl sites for hydroxylation is 1. The molecule has 0 bridgehead atoms. The van der Waals surface area contributed by atoms with Gasteiger partial charge in [0.25, 0.3) is 0 Å². The highest BCUT2D eigenvalue weighted by Gasteiger charge is 2.09. The largest absolute Gasteiger partial charge is 0.356 e. The Morgan fingerprint density at radius 2 is 2.12 bits per heavy atom. The smallest absolute Gasteiger partial charge is 0.191 e. The first-order valence-electron chi connectivity index (χ1n) is 8.32. The van der Waals surface area contributed by atoms with E-state index in [1.165, 1.54) is 6.26 Å². The number of aliphatic imine (C=N–C) groups is 1. The molecule has 0 saturated heterocycles. The second-order valence-corrected chi connectivity index (χ2v) is 8.37. The first-order chi connectivity index (χ1) is 11.9. The lowest BCUT2D eigenvalue weighted by molar-refractivity contribution is 0.580. The normalized spacial score (nSPS) is 13.3. The van der Waals surface area contributed by atoms with Gasteiger partial charge in [0.05, 0.1) is 5.75 Å². The number of nitrogens with one attached hydrogen (secondary N) is 2. The van der Waals surface area contributed by atoms with Crippen LogP contribution in [-0.4, -0.2) is 60.6 Å². The molecule has 2 N–H and O–H groups in total. The van der Waals surface area contributed by atoms with E-state index in [1.54, 1.807) is 7.05 Å². The van der Waals surface area contributed by atoms with Crippen LogP contribution in [0.3, 0.4) is 0 Å². The third-order valence-corrected chi connectivity index (χ3v) is 4.76. The van der Waals surface area contributed by atoms with Crippen LogP contribution in [0.15, 0.2) is 29.4 Å². The van der Waals surface area contributed by atoms with Crippen LogP contribution in [0.4, 0.5) is 0 Å². The van der Waals surface area contributed by atoms with E-state index < -0.39 is 9.84 Å². The Morgan fingerprint density at radius 3 is 2.81 bits per heavy atom. The molecule has 1 atom stereocenters. The van der Waals surface area contributed by atoms with Crippen LogP contribution < -0.4 is 10.6 Å². The van der Waals surface area contributed by atoms with E-state index in [1.807, 2.05) is 35.7 Å². The monoisotopic (exact) mass is 494 g/mol. The summed E-state index contributed by atoms with van der Waals surface area (Å²) in [6.07, 6.45) is 5.45. The summed E-state index contributed by atoms with van der Waals surface area (Å²) < 4.78 is 24.4. The van der Waals surface area contributed by atoms with Gasteiger partial charge in [0.2, 0.25) is 0 Å². The highest BCUT2D eigenvalue weighted by Crippen LogP contribution is 2.04. The van der Waals surface area contributed by atoms with Gasteiger partial charge in [-0.25, -0.2) is 8.42 Å². The van der Waals surface area contributed by atoms with E-state index in [0.717, 1.165) is 30.9 Å². The average molecular weight is 494 g/mol. The molecule has 10 heteroatoms. The molecular weight excluding hydrogens is 467 g/mol. The Balaban J connectivity index is 0.00000338. The molecule has 0 radical (unpaired) electrons. The molecule has 0 fully saturated rings. The molecule has 8 nitrogen and oxygen atoms in total. The second kappa shape index (κ2) is 10.7. The fourth-order valence-electron chi connectivity index (χ4n) is 2.41. The zero-order chi connectivity index (χ0) is 18.3. The lowest BCUT2D eigenvalue weighted by Gasteiger charge is -2.17. The molecule has 2 aromatic rings. The van der Waals surface area contributed by atoms with Crippen molar-refractivity contribution < 1.29 is 8.42 Å². The zero-order valence-corrected chi connectivity index (χ0v) is 18.5. The summed E-state index contributed by atoms with van der Waals surface area (Å²) in [5, 5.41) is 14.8. The topological polar surface area (TPSA) is 101 Å². The maximum absolute atomic E-state index is 11.2. The van der Waals surface area contributed by atoms with Crippen molar-refractivity contribution in [2.24, 2.45) is 4.99 Å². The van der Waals surface area contributed by atoms with E-state index in [9.17, 15) is 8.42 Å². The van der Waals surface area contributed by atoms with Gasteiger partial charge in [-0.05, 0) is 31.9 Å². The molecular formula is C16H27IN6O2S. The molecule has 2 heterocycles. The Labute approximate surface area is 171 Å². The minimum atomic E-state index is -2.94. The predicted octanol–water partition coefficient (Wildman–Crippen LogP) is 1.27. The number of fused-ring (bicyclic) bond motifs is 1. The van der Waals surface area contributed by atoms with Gasteiger partial charge in [-0.15, -0.1) is 34.2 Å². The second-order valence-electron chi connectivity index (χ2n) is 6.11. The van der Waals surface area contributed by atoms with E-state index in [-0.39, 0.29) is 35.8 Å². The van der Waals surface area contributed by atoms with Crippen LogP contribution in [0.25, 0.3) is 5.65 Å². The zero-order valence-electron chi connectivity index (χ0n) is 15.3. The molecule has 2 rings (SSSR count). The van der Waals surface area contributed by atoms with Crippen LogP contribution in [0.2, 0.25) is 0 Å². The van der Waals surface area contributed by atoms with Gasteiger partial charge in [-0.1, -0.05) is 6.07 Å². The van der Waals surface area contributed by atoms with Gasteiger partial charge >= 0.3 is 0 Å². The number of pyridine rings is 1. The highest BCUT2D eigenvalue weighted by atomic mass is 127. The molecule has 26 heavy (non-hydrogen) atoms. The number of halogens is 1. The van der Waals surface area contributed by atoms with Crippen molar-refractivity contribution in [3.05, 3.63) is 30.2 Å². The Bertz CT molecular complexity index is 821. The van der Waals surface area contributed by atoms with Crippen LogP contribution in [-0.2, 0) is 16.3 Å². The molecule has 0 saturated carbocycles. The lowest BCUT2D eigenvalue weighted by Crippen LogP contribution is -2.43. The summed E-state index contributed by atoms with van der Waals surface area (Å²) in [7, 11) is -1.24. The maximum Gasteiger partial charge on any atom is 0.191 e. The molecule has 0 aliphatic rings. The predicted molar refractivity (Wildman–Crippen MR) is 115 cm³/mol. The first-order valence-corrected chi connectivity index (χ1v) is 10.4. The third-order valence-electron chi connectivity index (χ3n) is 3.78. The molecule has 1 unspecified atom stereocenters. The van der Waals surface area contributed by atoms with E-state index in [2.05, 4.69) is 25.8 Å². The molecule has 0 aromatic carbocycles. The minimum absolute atomic E-state index is 0. The van der Waals surface area contributed by atoms with Crippen LogP contribution >= 0.6 is 24.0 Å². The molecule has 2 aromatic heterocycles. The average Bonchev–Trinajstić information content (AvgIpc) is 2.98. The number of sulfone groups is 1. The molecule has 146 valence electrons. The Hall–Kier alpha value is -1.43. The molecule has 0 amide bonds. The molecule has 0 spiro atoms. The van der Waals surface area contributed by atoms with Crippen molar-refractivity contribution >= 4 is 45.4 Å². The molecule has 0 aliphatic carbocycles. The summed E-state index contributed by atoms with van der Waals surface area (Å²) >= 11 is 0. The van der Waals surface area contributed by atoms with Gasteiger partial charge in [-0.3, -0.25) is 9.39 Å². The van der Waals surface area contributed by atoms with Gasteiger partial charge < -0.3 is 10.6 Å². The van der Waals surface area contributed by atoms with Gasteiger partial charge in [0.1, 0.15) is 15.7 Å². The van der Waals surface area contributed by atoms with Crippen molar-refractivity contribution in [2.75, 3.05) is 25.6 Å². The van der Waals surface area contributed by atoms with E-state index in [0.29, 0.717) is 12.4 Å². The van der Waals surface area contributed by atoms with Crippen molar-refractivity contribution in [1.82, 2.24) is 25.2 Å². The van der Waals surface area contributed by atoms with Crippen molar-refractivity contribution in [1.29, 1.82) is 0 Å². The van der Waals surface area contributed by atoms with Crippen LogP contribution in [0.5, 0.6) is 0 Å². The lowest BCUT2D eigenvalue weighted by atomic mass is 10.2. The first kappa shape index (κ1) is 22.6. The number of nitrogens with zero attached hydrogens (tertiary/aromatic N) is 4. The minimum Gasteiger partial charge on any atom is -0.356 e. The Kier molecular flexibility index (Phi) is 9.27. The highest BCUT2D eigenvalue weighted by molar-refractivity contribution is 14.0. The fourth-order valence-corrected chi connectivity index (χ4v) is 3.19. The number of hydrogen-bond acceptors (Lipinski definition) is 5. The summed E-state index contributed by atoms with van der Waals surface area (Å²) in [6.45, 7) is 2.68. The number of guanidine groups is 1. The molecule has 0 aliphatic heterocycles. The summed E-state index contributed by atoms with van der Waals surface area (Å²) in [5.41, 5.74) is 0.850. The standard InChI is InChI=1S/C16H26N6O2S.HI/c1-13(9-12-25(3,23)24)19-16(17-2)18-10-6-8-15-21-20-14-7-4-5-11-22(14)15;/h4-5,7,11,13H,6,8-10,12H2,1-3H3,(H2,17,18,19);1H.